The second kappa shape index (κ2) is 5.77. The molecule has 0 radical (unpaired) electrons. The van der Waals surface area contributed by atoms with Gasteiger partial charge in [-0.25, -0.2) is 0 Å². The molecule has 0 heterocycles. The molecule has 2 aromatic carbocycles. The molecular formula is C22H23O2-. The van der Waals surface area contributed by atoms with Crippen molar-refractivity contribution >= 4 is 5.97 Å². The van der Waals surface area contributed by atoms with E-state index in [1.807, 2.05) is 12.1 Å². The van der Waals surface area contributed by atoms with Gasteiger partial charge in [0.15, 0.2) is 0 Å². The summed E-state index contributed by atoms with van der Waals surface area (Å²) in [7, 11) is 0. The summed E-state index contributed by atoms with van der Waals surface area (Å²) in [6.07, 6.45) is 4.74. The summed E-state index contributed by atoms with van der Waals surface area (Å²) in [6, 6.07) is 12.6. The van der Waals surface area contributed by atoms with Gasteiger partial charge in [0.25, 0.3) is 0 Å². The molecule has 0 aromatic heterocycles. The van der Waals surface area contributed by atoms with E-state index in [1.54, 1.807) is 0 Å². The highest BCUT2D eigenvalue weighted by atomic mass is 16.4. The molecule has 2 aliphatic rings. The van der Waals surface area contributed by atoms with Crippen molar-refractivity contribution in [2.45, 2.75) is 57.3 Å². The molecule has 0 aliphatic heterocycles. The number of carboxylic acids is 1. The predicted octanol–water partition coefficient (Wildman–Crippen LogP) is 4.60. The van der Waals surface area contributed by atoms with Gasteiger partial charge in [-0.05, 0) is 77.3 Å². The van der Waals surface area contributed by atoms with E-state index in [4.69, 9.17) is 0 Å². The Morgan fingerprint density at radius 3 is 2.25 bits per heavy atom. The Hall–Kier alpha value is -2.09. The van der Waals surface area contributed by atoms with Crippen molar-refractivity contribution in [1.29, 1.82) is 0 Å². The lowest BCUT2D eigenvalue weighted by Gasteiger charge is -2.18. The molecule has 0 N–H and O–H groups in total. The van der Waals surface area contributed by atoms with Crippen LogP contribution in [0, 0.1) is 0 Å². The Bertz CT molecular complexity index is 796. The lowest BCUT2D eigenvalue weighted by molar-refractivity contribution is -0.254. The summed E-state index contributed by atoms with van der Waals surface area (Å²) in [4.78, 5) is 11.8. The average molecular weight is 319 g/mol. The van der Waals surface area contributed by atoms with Gasteiger partial charge in [0.2, 0.25) is 0 Å². The smallest absolute Gasteiger partial charge is 0.0721 e. The molecule has 2 heteroatoms. The summed E-state index contributed by atoms with van der Waals surface area (Å²) in [5.41, 5.74) is 5.95. The zero-order valence-electron chi connectivity index (χ0n) is 14.3. The molecule has 0 amide bonds. The summed E-state index contributed by atoms with van der Waals surface area (Å²) in [5, 5.41) is 11.8. The lowest BCUT2D eigenvalue weighted by atomic mass is 9.88. The largest absolute Gasteiger partial charge is 0.545 e. The number of rotatable bonds is 5. The van der Waals surface area contributed by atoms with E-state index in [1.165, 1.54) is 36.8 Å². The predicted molar refractivity (Wildman–Crippen MR) is 94.2 cm³/mol. The maximum atomic E-state index is 11.8. The maximum Gasteiger partial charge on any atom is 0.0721 e. The van der Waals surface area contributed by atoms with Crippen LogP contribution >= 0.6 is 0 Å². The Morgan fingerprint density at radius 2 is 1.67 bits per heavy atom. The number of hydrogen-bond acceptors (Lipinski definition) is 2. The summed E-state index contributed by atoms with van der Waals surface area (Å²) >= 11 is 0. The Morgan fingerprint density at radius 1 is 0.958 bits per heavy atom. The molecule has 2 saturated carbocycles. The van der Waals surface area contributed by atoms with Gasteiger partial charge < -0.3 is 9.90 Å². The fraction of sp³-hybridized carbons (Fsp3) is 0.409. The number of carboxylic acid groups (broad SMARTS) is 1. The van der Waals surface area contributed by atoms with Crippen molar-refractivity contribution in [3.8, 4) is 11.1 Å². The number of hydrogen-bond donors (Lipinski definition) is 0. The van der Waals surface area contributed by atoms with Gasteiger partial charge in [0, 0.05) is 5.56 Å². The highest BCUT2D eigenvalue weighted by molar-refractivity contribution is 5.95. The lowest BCUT2D eigenvalue weighted by Crippen LogP contribution is -2.23. The maximum absolute atomic E-state index is 11.8. The van der Waals surface area contributed by atoms with Crippen LogP contribution < -0.4 is 5.11 Å². The first-order valence-electron chi connectivity index (χ1n) is 9.04. The summed E-state index contributed by atoms with van der Waals surface area (Å²) < 4.78 is 0. The minimum absolute atomic E-state index is 0.349. The van der Waals surface area contributed by atoms with Gasteiger partial charge in [-0.2, -0.15) is 0 Å². The van der Waals surface area contributed by atoms with Gasteiger partial charge >= 0.3 is 0 Å². The number of carbonyl (C=O) groups is 1. The van der Waals surface area contributed by atoms with Crippen LogP contribution in [0.25, 0.3) is 11.1 Å². The SMILES string of the molecule is CC(C)c1ccc(C2CC2)c(-c2ccc(C3CC3)cc2C(=O)[O-])c1. The van der Waals surface area contributed by atoms with Gasteiger partial charge in [-0.3, -0.25) is 0 Å². The molecular weight excluding hydrogens is 296 g/mol. The van der Waals surface area contributed by atoms with Crippen molar-refractivity contribution in [1.82, 2.24) is 0 Å². The van der Waals surface area contributed by atoms with Crippen LogP contribution in [0.15, 0.2) is 36.4 Å². The van der Waals surface area contributed by atoms with Crippen LogP contribution in [0.1, 0.15) is 84.3 Å². The third-order valence-electron chi connectivity index (χ3n) is 5.36. The quantitative estimate of drug-likeness (QED) is 0.808. The zero-order chi connectivity index (χ0) is 16.8. The molecule has 124 valence electrons. The molecule has 0 bridgehead atoms. The van der Waals surface area contributed by atoms with E-state index in [0.29, 0.717) is 23.3 Å². The van der Waals surface area contributed by atoms with E-state index in [-0.39, 0.29) is 0 Å². The van der Waals surface area contributed by atoms with Crippen LogP contribution in [-0.2, 0) is 0 Å². The molecule has 0 atom stereocenters. The third kappa shape index (κ3) is 2.86. The van der Waals surface area contributed by atoms with Crippen molar-refractivity contribution in [3.05, 3.63) is 58.7 Å². The minimum atomic E-state index is -1.07. The molecule has 0 unspecified atom stereocenters. The van der Waals surface area contributed by atoms with Crippen molar-refractivity contribution < 1.29 is 9.90 Å². The molecule has 2 aliphatic carbocycles. The molecule has 2 nitrogen and oxygen atoms in total. The Labute approximate surface area is 143 Å². The van der Waals surface area contributed by atoms with Crippen molar-refractivity contribution in [2.24, 2.45) is 0 Å². The number of carbonyl (C=O) groups excluding carboxylic acids is 1. The number of aromatic carboxylic acids is 1. The highest BCUT2D eigenvalue weighted by Gasteiger charge is 2.28. The highest BCUT2D eigenvalue weighted by Crippen LogP contribution is 2.47. The van der Waals surface area contributed by atoms with Gasteiger partial charge in [0.1, 0.15) is 0 Å². The summed E-state index contributed by atoms with van der Waals surface area (Å²) in [6.45, 7) is 4.34. The minimum Gasteiger partial charge on any atom is -0.545 e. The first-order valence-corrected chi connectivity index (χ1v) is 9.04. The second-order valence-electron chi connectivity index (χ2n) is 7.64. The molecule has 4 rings (SSSR count). The molecule has 0 saturated heterocycles. The first-order chi connectivity index (χ1) is 11.5. The van der Waals surface area contributed by atoms with E-state index >= 15 is 0 Å². The third-order valence-corrected chi connectivity index (χ3v) is 5.36. The molecule has 2 fully saturated rings. The molecule has 0 spiro atoms. The molecule has 2 aromatic rings. The fourth-order valence-electron chi connectivity index (χ4n) is 3.55. The second-order valence-corrected chi connectivity index (χ2v) is 7.64. The van der Waals surface area contributed by atoms with Crippen LogP contribution in [0.5, 0.6) is 0 Å². The molecule has 24 heavy (non-hydrogen) atoms. The van der Waals surface area contributed by atoms with Crippen LogP contribution in [0.4, 0.5) is 0 Å². The normalized spacial score (nSPS) is 17.3. The van der Waals surface area contributed by atoms with Gasteiger partial charge in [-0.1, -0.05) is 44.2 Å². The summed E-state index contributed by atoms with van der Waals surface area (Å²) in [5.74, 6) is 0.485. The van der Waals surface area contributed by atoms with Gasteiger partial charge in [-0.15, -0.1) is 0 Å². The van der Waals surface area contributed by atoms with Crippen LogP contribution in [-0.4, -0.2) is 5.97 Å². The van der Waals surface area contributed by atoms with E-state index in [0.717, 1.165) is 16.7 Å². The van der Waals surface area contributed by atoms with E-state index < -0.39 is 5.97 Å². The topological polar surface area (TPSA) is 40.1 Å². The van der Waals surface area contributed by atoms with E-state index in [9.17, 15) is 9.90 Å². The average Bonchev–Trinajstić information content (AvgIpc) is 3.47. The zero-order valence-corrected chi connectivity index (χ0v) is 14.3. The number of benzene rings is 2. The standard InChI is InChI=1S/C22H24O2/c1-13(2)16-7-9-18(15-5-6-15)20(11-16)19-10-8-17(14-3-4-14)12-21(19)22(23)24/h7-15H,3-6H2,1-2H3,(H,23,24)/p-1. The first kappa shape index (κ1) is 15.4. The Kier molecular flexibility index (Phi) is 3.71. The van der Waals surface area contributed by atoms with Crippen LogP contribution in [0.3, 0.4) is 0 Å². The fourth-order valence-corrected chi connectivity index (χ4v) is 3.55. The van der Waals surface area contributed by atoms with Crippen molar-refractivity contribution in [2.75, 3.05) is 0 Å². The van der Waals surface area contributed by atoms with E-state index in [2.05, 4.69) is 38.1 Å². The monoisotopic (exact) mass is 319 g/mol. The van der Waals surface area contributed by atoms with Crippen LogP contribution in [0.2, 0.25) is 0 Å². The van der Waals surface area contributed by atoms with Crippen molar-refractivity contribution in [3.63, 3.8) is 0 Å². The van der Waals surface area contributed by atoms with Gasteiger partial charge in [0.05, 0.1) is 5.97 Å². The Balaban J connectivity index is 1.87.